The topological polar surface area (TPSA) is 43.8 Å². The van der Waals surface area contributed by atoms with Crippen molar-refractivity contribution in [2.24, 2.45) is 0 Å². The van der Waals surface area contributed by atoms with Crippen molar-refractivity contribution in [2.75, 3.05) is 26.2 Å². The maximum atomic E-state index is 12.5. The molecule has 1 aromatic carbocycles. The molecule has 2 aliphatic heterocycles. The molecule has 4 rings (SSSR count). The van der Waals surface area contributed by atoms with Crippen molar-refractivity contribution >= 4 is 17.2 Å². The monoisotopic (exact) mass is 342 g/mol. The van der Waals surface area contributed by atoms with Gasteiger partial charge in [-0.1, -0.05) is 30.3 Å². The molecule has 1 unspecified atom stereocenters. The molecule has 1 saturated heterocycles. The lowest BCUT2D eigenvalue weighted by Gasteiger charge is -2.34. The van der Waals surface area contributed by atoms with E-state index in [0.29, 0.717) is 26.1 Å². The fourth-order valence-electron chi connectivity index (χ4n) is 3.82. The van der Waals surface area contributed by atoms with Gasteiger partial charge in [0.05, 0.1) is 17.0 Å². The average molecular weight is 342 g/mol. The Hall–Kier alpha value is -1.69. The molecule has 126 valence electrons. The third kappa shape index (κ3) is 3.11. The van der Waals surface area contributed by atoms with E-state index in [0.717, 1.165) is 24.4 Å². The first-order chi connectivity index (χ1) is 11.6. The van der Waals surface area contributed by atoms with Gasteiger partial charge in [-0.05, 0) is 35.4 Å². The zero-order valence-corrected chi connectivity index (χ0v) is 14.5. The summed E-state index contributed by atoms with van der Waals surface area (Å²) < 4.78 is 0. The molecule has 1 aromatic heterocycles. The van der Waals surface area contributed by atoms with Gasteiger partial charge < -0.3 is 10.0 Å². The number of hydrogen-bond acceptors (Lipinski definition) is 4. The minimum absolute atomic E-state index is 0.0462. The second kappa shape index (κ2) is 6.31. The van der Waals surface area contributed by atoms with Crippen LogP contribution in [0.3, 0.4) is 0 Å². The smallest absolute Gasteiger partial charge is 0.264 e. The number of nitrogens with zero attached hydrogens (tertiary/aromatic N) is 2. The van der Waals surface area contributed by atoms with Crippen LogP contribution in [-0.4, -0.2) is 52.6 Å². The van der Waals surface area contributed by atoms with Crippen LogP contribution in [0.5, 0.6) is 0 Å². The highest BCUT2D eigenvalue weighted by Crippen LogP contribution is 2.27. The number of likely N-dealkylation sites (tertiary alicyclic amines) is 1. The van der Waals surface area contributed by atoms with Crippen LogP contribution < -0.4 is 0 Å². The summed E-state index contributed by atoms with van der Waals surface area (Å²) >= 11 is 1.46. The number of fused-ring (bicyclic) bond motifs is 1. The minimum atomic E-state index is -0.792. The number of benzene rings is 1. The lowest BCUT2D eigenvalue weighted by Crippen LogP contribution is -2.47. The van der Waals surface area contributed by atoms with Crippen LogP contribution in [0.4, 0.5) is 0 Å². The van der Waals surface area contributed by atoms with Crippen molar-refractivity contribution in [1.82, 2.24) is 9.80 Å². The second-order valence-electron chi connectivity index (χ2n) is 6.91. The summed E-state index contributed by atoms with van der Waals surface area (Å²) in [5.41, 5.74) is 1.98. The Balaban J connectivity index is 1.40. The molecular weight excluding hydrogens is 320 g/mol. The third-order valence-corrected chi connectivity index (χ3v) is 5.94. The lowest BCUT2D eigenvalue weighted by molar-refractivity contribution is 0.00810. The van der Waals surface area contributed by atoms with Crippen LogP contribution in [0.2, 0.25) is 0 Å². The normalized spacial score (nSPS) is 24.1. The summed E-state index contributed by atoms with van der Waals surface area (Å²) in [6.07, 6.45) is 1.69. The molecule has 0 saturated carbocycles. The minimum Gasteiger partial charge on any atom is -0.387 e. The van der Waals surface area contributed by atoms with Gasteiger partial charge in [-0.3, -0.25) is 9.69 Å². The molecule has 2 aromatic rings. The number of aliphatic hydroxyl groups is 1. The van der Waals surface area contributed by atoms with Gasteiger partial charge in [0.1, 0.15) is 0 Å². The molecule has 0 aliphatic carbocycles. The lowest BCUT2D eigenvalue weighted by atomic mass is 9.97. The number of thiophene rings is 1. The van der Waals surface area contributed by atoms with Crippen LogP contribution >= 0.6 is 11.3 Å². The largest absolute Gasteiger partial charge is 0.387 e. The Morgan fingerprint density at radius 2 is 2.00 bits per heavy atom. The van der Waals surface area contributed by atoms with E-state index in [4.69, 9.17) is 0 Å². The Labute approximate surface area is 146 Å². The quantitative estimate of drug-likeness (QED) is 0.931. The molecule has 3 heterocycles. The number of carbonyl (C=O) groups excluding carboxylic acids is 1. The highest BCUT2D eigenvalue weighted by Gasteiger charge is 2.40. The highest BCUT2D eigenvalue weighted by molar-refractivity contribution is 7.12. The Morgan fingerprint density at radius 3 is 2.79 bits per heavy atom. The van der Waals surface area contributed by atoms with Crippen LogP contribution in [-0.2, 0) is 13.0 Å². The van der Waals surface area contributed by atoms with Crippen molar-refractivity contribution in [2.45, 2.75) is 25.0 Å². The van der Waals surface area contributed by atoms with Gasteiger partial charge in [0.15, 0.2) is 0 Å². The molecule has 1 amide bonds. The number of carbonyl (C=O) groups is 1. The first-order valence-electron chi connectivity index (χ1n) is 8.47. The number of hydrogen-bond donors (Lipinski definition) is 1. The molecule has 1 fully saturated rings. The van der Waals surface area contributed by atoms with Crippen molar-refractivity contribution in [3.05, 3.63) is 57.8 Å². The van der Waals surface area contributed by atoms with Crippen LogP contribution in [0.25, 0.3) is 0 Å². The number of amides is 1. The van der Waals surface area contributed by atoms with Gasteiger partial charge in [-0.2, -0.15) is 0 Å². The zero-order chi connectivity index (χ0) is 16.6. The van der Waals surface area contributed by atoms with E-state index in [1.165, 1.54) is 22.5 Å². The summed E-state index contributed by atoms with van der Waals surface area (Å²) in [7, 11) is 0. The van der Waals surface area contributed by atoms with Crippen molar-refractivity contribution in [1.29, 1.82) is 0 Å². The van der Waals surface area contributed by atoms with E-state index >= 15 is 0 Å². The van der Waals surface area contributed by atoms with E-state index in [9.17, 15) is 9.90 Å². The molecule has 1 atom stereocenters. The Kier molecular flexibility index (Phi) is 4.16. The standard InChI is InChI=1S/C19H22N2O2S/c22-18(17-6-3-11-24-17)21-10-8-19(23,14-21)13-20-9-7-15-4-1-2-5-16(15)12-20/h1-6,11,23H,7-10,12-14H2. The third-order valence-electron chi connectivity index (χ3n) is 5.08. The SMILES string of the molecule is O=C(c1cccs1)N1CCC(O)(CN2CCc3ccccc3C2)C1. The van der Waals surface area contributed by atoms with Gasteiger partial charge in [0, 0.05) is 26.2 Å². The van der Waals surface area contributed by atoms with Gasteiger partial charge in [-0.25, -0.2) is 0 Å². The van der Waals surface area contributed by atoms with Crippen molar-refractivity contribution in [3.63, 3.8) is 0 Å². The first kappa shape index (κ1) is 15.8. The molecule has 0 bridgehead atoms. The highest BCUT2D eigenvalue weighted by atomic mass is 32.1. The average Bonchev–Trinajstić information content (AvgIpc) is 3.24. The summed E-state index contributed by atoms with van der Waals surface area (Å²) in [5.74, 6) is 0.0462. The van der Waals surface area contributed by atoms with Crippen LogP contribution in [0, 0.1) is 0 Å². The van der Waals surface area contributed by atoms with E-state index in [-0.39, 0.29) is 5.91 Å². The van der Waals surface area contributed by atoms with Gasteiger partial charge in [0.2, 0.25) is 0 Å². The Morgan fingerprint density at radius 1 is 1.17 bits per heavy atom. The fourth-order valence-corrected chi connectivity index (χ4v) is 4.51. The first-order valence-corrected chi connectivity index (χ1v) is 9.35. The van der Waals surface area contributed by atoms with Crippen molar-refractivity contribution in [3.8, 4) is 0 Å². The zero-order valence-electron chi connectivity index (χ0n) is 13.6. The Bertz CT molecular complexity index is 731. The van der Waals surface area contributed by atoms with E-state index in [1.54, 1.807) is 4.90 Å². The fraction of sp³-hybridized carbons (Fsp3) is 0.421. The molecule has 0 radical (unpaired) electrons. The number of β-amino-alcohol motifs (C(OH)–C–C–N with tert-alkyl or cyclic N) is 1. The summed E-state index contributed by atoms with van der Waals surface area (Å²) in [6.45, 7) is 3.56. The van der Waals surface area contributed by atoms with Gasteiger partial charge in [0.25, 0.3) is 5.91 Å². The van der Waals surface area contributed by atoms with Crippen molar-refractivity contribution < 1.29 is 9.90 Å². The van der Waals surface area contributed by atoms with E-state index in [1.807, 2.05) is 17.5 Å². The second-order valence-corrected chi connectivity index (χ2v) is 7.86. The molecule has 2 aliphatic rings. The van der Waals surface area contributed by atoms with E-state index < -0.39 is 5.60 Å². The summed E-state index contributed by atoms with van der Waals surface area (Å²) in [5, 5.41) is 12.9. The predicted octanol–water partition coefficient (Wildman–Crippen LogP) is 2.38. The molecule has 1 N–H and O–H groups in total. The van der Waals surface area contributed by atoms with Crippen LogP contribution in [0.15, 0.2) is 41.8 Å². The maximum absolute atomic E-state index is 12.5. The maximum Gasteiger partial charge on any atom is 0.264 e. The van der Waals surface area contributed by atoms with E-state index in [2.05, 4.69) is 29.2 Å². The molecular formula is C19H22N2O2S. The van der Waals surface area contributed by atoms with Gasteiger partial charge in [-0.15, -0.1) is 11.3 Å². The summed E-state index contributed by atoms with van der Waals surface area (Å²) in [6, 6.07) is 12.3. The predicted molar refractivity (Wildman–Crippen MR) is 95.2 cm³/mol. The molecule has 4 nitrogen and oxygen atoms in total. The van der Waals surface area contributed by atoms with Crippen LogP contribution in [0.1, 0.15) is 27.2 Å². The number of rotatable bonds is 3. The molecule has 24 heavy (non-hydrogen) atoms. The molecule has 5 heteroatoms. The summed E-state index contributed by atoms with van der Waals surface area (Å²) in [4.78, 5) is 17.3. The van der Waals surface area contributed by atoms with Gasteiger partial charge >= 0.3 is 0 Å². The molecule has 0 spiro atoms.